The summed E-state index contributed by atoms with van der Waals surface area (Å²) in [6.07, 6.45) is 2.46. The fraction of sp³-hybridized carbons (Fsp3) is 0.692. The first-order valence-corrected chi connectivity index (χ1v) is 6.06. The maximum Gasteiger partial charge on any atom is 0.144 e. The average molecular weight is 237 g/mol. The molecule has 1 heterocycles. The molecule has 0 fully saturated rings. The van der Waals surface area contributed by atoms with Crippen molar-refractivity contribution < 1.29 is 5.11 Å². The molecule has 0 spiro atoms. The highest BCUT2D eigenvalue weighted by Gasteiger charge is 2.21. The Balaban J connectivity index is 2.58. The van der Waals surface area contributed by atoms with Crippen molar-refractivity contribution >= 4 is 5.82 Å². The fourth-order valence-corrected chi connectivity index (χ4v) is 1.86. The Hall–Kier alpha value is -1.16. The van der Waals surface area contributed by atoms with Crippen LogP contribution < -0.4 is 5.32 Å². The summed E-state index contributed by atoms with van der Waals surface area (Å²) < 4.78 is 0. The van der Waals surface area contributed by atoms with Crippen LogP contribution in [0.1, 0.15) is 38.6 Å². The Bertz CT molecular complexity index is 375. The van der Waals surface area contributed by atoms with Crippen molar-refractivity contribution in [3.63, 3.8) is 0 Å². The number of hydrogen-bond donors (Lipinski definition) is 2. The summed E-state index contributed by atoms with van der Waals surface area (Å²) in [5.74, 6) is 1.19. The first kappa shape index (κ1) is 13.9. The summed E-state index contributed by atoms with van der Waals surface area (Å²) in [7, 11) is 0. The third-order valence-corrected chi connectivity index (χ3v) is 2.69. The maximum atomic E-state index is 10.2. The predicted molar refractivity (Wildman–Crippen MR) is 70.1 cm³/mol. The van der Waals surface area contributed by atoms with Crippen molar-refractivity contribution in [3.05, 3.63) is 17.6 Å². The van der Waals surface area contributed by atoms with E-state index in [9.17, 15) is 5.11 Å². The van der Waals surface area contributed by atoms with E-state index in [2.05, 4.69) is 29.1 Å². The van der Waals surface area contributed by atoms with Crippen molar-refractivity contribution in [2.45, 2.75) is 46.6 Å². The number of aromatic nitrogens is 2. The normalized spacial score (nSPS) is 14.8. The van der Waals surface area contributed by atoms with Gasteiger partial charge in [0, 0.05) is 6.54 Å². The molecule has 96 valence electrons. The number of anilines is 1. The minimum absolute atomic E-state index is 0.470. The molecule has 17 heavy (non-hydrogen) atoms. The van der Waals surface area contributed by atoms with Crippen LogP contribution >= 0.6 is 0 Å². The molecule has 0 aliphatic rings. The first-order chi connectivity index (χ1) is 7.80. The molecule has 4 heteroatoms. The van der Waals surface area contributed by atoms with Gasteiger partial charge in [-0.05, 0) is 33.1 Å². The second kappa shape index (κ2) is 5.45. The average Bonchev–Trinajstić information content (AvgIpc) is 2.18. The van der Waals surface area contributed by atoms with Crippen LogP contribution in [0.4, 0.5) is 5.82 Å². The lowest BCUT2D eigenvalue weighted by atomic mass is 9.94. The van der Waals surface area contributed by atoms with E-state index in [-0.39, 0.29) is 0 Å². The zero-order chi connectivity index (χ0) is 13.1. The minimum Gasteiger partial charge on any atom is -0.388 e. The maximum absolute atomic E-state index is 10.2. The lowest BCUT2D eigenvalue weighted by Crippen LogP contribution is -2.35. The lowest BCUT2D eigenvalue weighted by molar-refractivity contribution is 0.0514. The van der Waals surface area contributed by atoms with Crippen molar-refractivity contribution in [2.24, 2.45) is 5.92 Å². The number of aliphatic hydroxyl groups is 1. The van der Waals surface area contributed by atoms with Gasteiger partial charge in [0.15, 0.2) is 0 Å². The summed E-state index contributed by atoms with van der Waals surface area (Å²) >= 11 is 0. The Morgan fingerprint density at radius 2 is 2.00 bits per heavy atom. The molecule has 0 radical (unpaired) electrons. The van der Waals surface area contributed by atoms with Gasteiger partial charge in [-0.15, -0.1) is 0 Å². The molecular weight excluding hydrogens is 214 g/mol. The second-order valence-corrected chi connectivity index (χ2v) is 5.37. The molecule has 0 aromatic carbocycles. The molecule has 0 saturated heterocycles. The van der Waals surface area contributed by atoms with Crippen LogP contribution in [0.3, 0.4) is 0 Å². The Kier molecular flexibility index (Phi) is 4.46. The Morgan fingerprint density at radius 3 is 2.53 bits per heavy atom. The van der Waals surface area contributed by atoms with Crippen LogP contribution in [0, 0.1) is 19.8 Å². The van der Waals surface area contributed by atoms with Gasteiger partial charge in [-0.3, -0.25) is 4.98 Å². The summed E-state index contributed by atoms with van der Waals surface area (Å²) in [5, 5.41) is 13.3. The number of aryl methyl sites for hydroxylation is 2. The molecule has 1 aromatic rings. The van der Waals surface area contributed by atoms with E-state index in [1.165, 1.54) is 0 Å². The van der Waals surface area contributed by atoms with E-state index in [4.69, 9.17) is 0 Å². The highest BCUT2D eigenvalue weighted by Crippen LogP contribution is 2.17. The van der Waals surface area contributed by atoms with Crippen LogP contribution in [0.5, 0.6) is 0 Å². The van der Waals surface area contributed by atoms with Crippen LogP contribution in [0.25, 0.3) is 0 Å². The number of rotatable bonds is 5. The van der Waals surface area contributed by atoms with Gasteiger partial charge in [0.2, 0.25) is 0 Å². The van der Waals surface area contributed by atoms with E-state index in [1.54, 1.807) is 6.20 Å². The molecule has 1 aromatic heterocycles. The van der Waals surface area contributed by atoms with Gasteiger partial charge in [-0.25, -0.2) is 4.98 Å². The van der Waals surface area contributed by atoms with Gasteiger partial charge >= 0.3 is 0 Å². The predicted octanol–water partition coefficient (Wildman–Crippen LogP) is 2.30. The highest BCUT2D eigenvalue weighted by atomic mass is 16.3. The topological polar surface area (TPSA) is 58.0 Å². The molecule has 0 aliphatic heterocycles. The monoisotopic (exact) mass is 237 g/mol. The molecule has 0 amide bonds. The third kappa shape index (κ3) is 4.69. The smallest absolute Gasteiger partial charge is 0.144 e. The quantitative estimate of drug-likeness (QED) is 0.825. The molecule has 0 aliphatic carbocycles. The van der Waals surface area contributed by atoms with E-state index in [0.29, 0.717) is 12.5 Å². The van der Waals surface area contributed by atoms with Gasteiger partial charge in [-0.2, -0.15) is 0 Å². The van der Waals surface area contributed by atoms with Crippen LogP contribution in [0.15, 0.2) is 6.20 Å². The van der Waals surface area contributed by atoms with Gasteiger partial charge in [0.1, 0.15) is 5.82 Å². The van der Waals surface area contributed by atoms with Crippen molar-refractivity contribution in [1.29, 1.82) is 0 Å². The zero-order valence-electron chi connectivity index (χ0n) is 11.4. The molecule has 0 saturated carbocycles. The minimum atomic E-state index is -0.714. The molecule has 1 unspecified atom stereocenters. The third-order valence-electron chi connectivity index (χ3n) is 2.69. The van der Waals surface area contributed by atoms with Gasteiger partial charge < -0.3 is 10.4 Å². The van der Waals surface area contributed by atoms with E-state index in [0.717, 1.165) is 23.6 Å². The fourth-order valence-electron chi connectivity index (χ4n) is 1.86. The van der Waals surface area contributed by atoms with E-state index >= 15 is 0 Å². The van der Waals surface area contributed by atoms with Gasteiger partial charge in [0.05, 0.1) is 23.2 Å². The lowest BCUT2D eigenvalue weighted by Gasteiger charge is -2.25. The molecule has 2 N–H and O–H groups in total. The Labute approximate surface area is 103 Å². The van der Waals surface area contributed by atoms with Crippen LogP contribution in [-0.2, 0) is 0 Å². The molecule has 1 rings (SSSR count). The standard InChI is InChI=1S/C13H23N3O/c1-9(2)6-13(5,17)8-15-12-7-14-10(3)11(4)16-12/h7,9,17H,6,8H2,1-5H3,(H,15,16). The van der Waals surface area contributed by atoms with Crippen molar-refractivity contribution in [3.8, 4) is 0 Å². The summed E-state index contributed by atoms with van der Waals surface area (Å²) in [4.78, 5) is 8.60. The zero-order valence-corrected chi connectivity index (χ0v) is 11.4. The first-order valence-electron chi connectivity index (χ1n) is 6.06. The molecular formula is C13H23N3O. The Morgan fingerprint density at radius 1 is 1.35 bits per heavy atom. The molecule has 0 bridgehead atoms. The van der Waals surface area contributed by atoms with Gasteiger partial charge in [-0.1, -0.05) is 13.8 Å². The van der Waals surface area contributed by atoms with Crippen LogP contribution in [0.2, 0.25) is 0 Å². The largest absolute Gasteiger partial charge is 0.388 e. The SMILES string of the molecule is Cc1ncc(NCC(C)(O)CC(C)C)nc1C. The number of hydrogen-bond acceptors (Lipinski definition) is 4. The molecule has 1 atom stereocenters. The van der Waals surface area contributed by atoms with Gasteiger partial charge in [0.25, 0.3) is 0 Å². The van der Waals surface area contributed by atoms with E-state index < -0.39 is 5.60 Å². The molecule has 4 nitrogen and oxygen atoms in total. The van der Waals surface area contributed by atoms with E-state index in [1.807, 2.05) is 20.8 Å². The number of nitrogens with zero attached hydrogens (tertiary/aromatic N) is 2. The summed E-state index contributed by atoms with van der Waals surface area (Å²) in [6.45, 7) is 10.4. The summed E-state index contributed by atoms with van der Waals surface area (Å²) in [5.41, 5.74) is 1.14. The van der Waals surface area contributed by atoms with Crippen molar-refractivity contribution in [1.82, 2.24) is 9.97 Å². The van der Waals surface area contributed by atoms with Crippen LogP contribution in [-0.4, -0.2) is 27.2 Å². The highest BCUT2D eigenvalue weighted by molar-refractivity contribution is 5.33. The number of nitrogens with one attached hydrogen (secondary N) is 1. The summed E-state index contributed by atoms with van der Waals surface area (Å²) in [6, 6.07) is 0. The van der Waals surface area contributed by atoms with Crippen molar-refractivity contribution in [2.75, 3.05) is 11.9 Å². The second-order valence-electron chi connectivity index (χ2n) is 5.37.